The van der Waals surface area contributed by atoms with Crippen LogP contribution in [0.2, 0.25) is 0 Å². The van der Waals surface area contributed by atoms with Gasteiger partial charge in [-0.15, -0.1) is 0 Å². The van der Waals surface area contributed by atoms with E-state index in [0.717, 1.165) is 12.8 Å². The lowest BCUT2D eigenvalue weighted by molar-refractivity contribution is 0.376. The minimum absolute atomic E-state index is 0.128. The number of benzene rings is 4. The summed E-state index contributed by atoms with van der Waals surface area (Å²) < 4.78 is 70.7. The average molecular weight is 497 g/mol. The summed E-state index contributed by atoms with van der Waals surface area (Å²) in [6, 6.07) is 21.0. The molecule has 1 aliphatic carbocycles. The molecule has 2 N–H and O–H groups in total. The van der Waals surface area contributed by atoms with Crippen LogP contribution in [-0.2, 0) is 20.2 Å². The molecule has 4 aromatic rings. The highest BCUT2D eigenvalue weighted by Gasteiger charge is 2.36. The van der Waals surface area contributed by atoms with E-state index in [1.807, 2.05) is 12.1 Å². The molecule has 6 nitrogen and oxygen atoms in total. The van der Waals surface area contributed by atoms with Gasteiger partial charge in [0.2, 0.25) is 0 Å². The summed E-state index contributed by atoms with van der Waals surface area (Å²) in [7, 11) is -9.11. The highest BCUT2D eigenvalue weighted by atomic mass is 32.2. The van der Waals surface area contributed by atoms with Gasteiger partial charge in [0, 0.05) is 10.8 Å². The highest BCUT2D eigenvalue weighted by Crippen LogP contribution is 2.49. The molecule has 1 aliphatic rings. The number of hydrogen-bond donors (Lipinski definition) is 2. The highest BCUT2D eigenvalue weighted by molar-refractivity contribution is 7.86. The second-order valence-corrected chi connectivity index (χ2v) is 11.6. The van der Waals surface area contributed by atoms with Gasteiger partial charge >= 0.3 is 0 Å². The molecule has 1 saturated carbocycles. The van der Waals surface area contributed by atoms with E-state index in [-0.39, 0.29) is 21.6 Å². The average Bonchev–Trinajstić information content (AvgIpc) is 2.81. The van der Waals surface area contributed by atoms with Gasteiger partial charge in [-0.2, -0.15) is 16.8 Å². The second kappa shape index (κ2) is 8.46. The van der Waals surface area contributed by atoms with Crippen LogP contribution in [0.3, 0.4) is 0 Å². The van der Waals surface area contributed by atoms with Gasteiger partial charge in [-0.3, -0.25) is 9.11 Å². The molecule has 5 rings (SSSR count). The fraction of sp³-hybridized carbons (Fsp3) is 0.231. The molecule has 0 heterocycles. The van der Waals surface area contributed by atoms with Gasteiger partial charge < -0.3 is 0 Å². The molecular weight excluding hydrogens is 472 g/mol. The fourth-order valence-electron chi connectivity index (χ4n) is 5.55. The first-order valence-corrected chi connectivity index (χ1v) is 14.0. The van der Waals surface area contributed by atoms with Crippen molar-refractivity contribution < 1.29 is 25.9 Å². The molecule has 0 amide bonds. The quantitative estimate of drug-likeness (QED) is 0.339. The molecule has 0 bridgehead atoms. The maximum atomic E-state index is 12.6. The van der Waals surface area contributed by atoms with Crippen molar-refractivity contribution in [1.29, 1.82) is 0 Å². The smallest absolute Gasteiger partial charge is 0.282 e. The summed E-state index contributed by atoms with van der Waals surface area (Å²) in [5.74, 6) is -0.700. The van der Waals surface area contributed by atoms with E-state index in [1.54, 1.807) is 60.7 Å². The minimum Gasteiger partial charge on any atom is -0.282 e. The largest absolute Gasteiger partial charge is 0.295 e. The van der Waals surface area contributed by atoms with Crippen LogP contribution in [0.25, 0.3) is 21.5 Å². The van der Waals surface area contributed by atoms with E-state index >= 15 is 0 Å². The van der Waals surface area contributed by atoms with Crippen LogP contribution < -0.4 is 0 Å². The summed E-state index contributed by atoms with van der Waals surface area (Å²) in [6.07, 6.45) is 2.94. The van der Waals surface area contributed by atoms with Crippen LogP contribution in [0, 0.1) is 0 Å². The third-order valence-electron chi connectivity index (χ3n) is 6.90. The van der Waals surface area contributed by atoms with E-state index in [9.17, 15) is 25.9 Å². The Labute approximate surface area is 198 Å². The summed E-state index contributed by atoms with van der Waals surface area (Å²) in [4.78, 5) is -0.256. The Morgan fingerprint density at radius 2 is 0.941 bits per heavy atom. The monoisotopic (exact) mass is 496 g/mol. The van der Waals surface area contributed by atoms with E-state index in [2.05, 4.69) is 0 Å². The molecule has 0 saturated heterocycles. The van der Waals surface area contributed by atoms with Crippen LogP contribution in [0.5, 0.6) is 0 Å². The van der Waals surface area contributed by atoms with E-state index < -0.39 is 20.2 Å². The van der Waals surface area contributed by atoms with Crippen molar-refractivity contribution in [3.8, 4) is 0 Å². The summed E-state index contributed by atoms with van der Waals surface area (Å²) >= 11 is 0. The van der Waals surface area contributed by atoms with Crippen LogP contribution in [-0.4, -0.2) is 25.9 Å². The maximum absolute atomic E-state index is 12.6. The number of fused-ring (bicyclic) bond motifs is 2. The molecule has 1 fully saturated rings. The topological polar surface area (TPSA) is 109 Å². The van der Waals surface area contributed by atoms with Gasteiger partial charge in [0.1, 0.15) is 9.79 Å². The molecule has 176 valence electrons. The molecule has 4 aromatic carbocycles. The lowest BCUT2D eigenvalue weighted by atomic mass is 9.72. The Morgan fingerprint density at radius 1 is 0.559 bits per heavy atom. The predicted molar refractivity (Wildman–Crippen MR) is 131 cm³/mol. The summed E-state index contributed by atoms with van der Waals surface area (Å²) in [6.45, 7) is 0. The Kier molecular flexibility index (Phi) is 5.72. The molecule has 2 atom stereocenters. The van der Waals surface area contributed by atoms with Crippen molar-refractivity contribution in [3.63, 3.8) is 0 Å². The van der Waals surface area contributed by atoms with Gasteiger partial charge in [-0.05, 0) is 46.6 Å². The van der Waals surface area contributed by atoms with Crippen molar-refractivity contribution in [2.75, 3.05) is 0 Å². The molecule has 0 aliphatic heterocycles. The fourth-order valence-corrected chi connectivity index (χ4v) is 7.52. The number of hydrogen-bond acceptors (Lipinski definition) is 4. The third kappa shape index (κ3) is 4.01. The van der Waals surface area contributed by atoms with Crippen molar-refractivity contribution in [2.24, 2.45) is 0 Å². The molecule has 34 heavy (non-hydrogen) atoms. The van der Waals surface area contributed by atoms with Gasteiger partial charge in [0.15, 0.2) is 0 Å². The van der Waals surface area contributed by atoms with Gasteiger partial charge in [0.05, 0.1) is 0 Å². The van der Waals surface area contributed by atoms with Crippen LogP contribution >= 0.6 is 0 Å². The first-order valence-electron chi connectivity index (χ1n) is 11.1. The second-order valence-electron chi connectivity index (χ2n) is 8.86. The Bertz CT molecular complexity index is 1500. The van der Waals surface area contributed by atoms with Gasteiger partial charge in [-0.25, -0.2) is 0 Å². The van der Waals surface area contributed by atoms with E-state index in [0.29, 0.717) is 45.5 Å². The SMILES string of the molecule is O=S(=O)(O)c1c(C2CCCCC2c2ccc3ccccc3c2S(=O)(=O)O)ccc2ccccc12. The molecule has 2 unspecified atom stereocenters. The zero-order chi connectivity index (χ0) is 24.1. The molecule has 0 spiro atoms. The predicted octanol–water partition coefficient (Wildman–Crippen LogP) is 5.93. The first-order chi connectivity index (χ1) is 16.2. The van der Waals surface area contributed by atoms with E-state index in [4.69, 9.17) is 0 Å². The normalized spacial score (nSPS) is 19.5. The lowest BCUT2D eigenvalue weighted by Crippen LogP contribution is -2.21. The molecule has 0 radical (unpaired) electrons. The van der Waals surface area contributed by atoms with Crippen LogP contribution in [0.1, 0.15) is 48.6 Å². The molecule has 8 heteroatoms. The lowest BCUT2D eigenvalue weighted by Gasteiger charge is -2.34. The Morgan fingerprint density at radius 3 is 1.32 bits per heavy atom. The Hall–Kier alpha value is -2.78. The van der Waals surface area contributed by atoms with E-state index in [1.165, 1.54) is 0 Å². The minimum atomic E-state index is -4.56. The van der Waals surface area contributed by atoms with Crippen molar-refractivity contribution in [1.82, 2.24) is 0 Å². The zero-order valence-electron chi connectivity index (χ0n) is 18.3. The van der Waals surface area contributed by atoms with Crippen LogP contribution in [0.4, 0.5) is 0 Å². The standard InChI is InChI=1S/C26H24O6S2/c27-33(28,29)25-19-9-3-1-7-17(19)13-15-23(25)21-11-5-6-12-22(21)24-16-14-18-8-2-4-10-20(18)26(24)34(30,31)32/h1-4,7-10,13-16,21-22H,5-6,11-12H2,(H,27,28,29)(H,30,31,32). The maximum Gasteiger partial charge on any atom is 0.295 e. The molecular formula is C26H24O6S2. The van der Waals surface area contributed by atoms with Crippen molar-refractivity contribution >= 4 is 41.8 Å². The Balaban J connectivity index is 1.78. The van der Waals surface area contributed by atoms with Crippen LogP contribution in [0.15, 0.2) is 82.6 Å². The van der Waals surface area contributed by atoms with Crippen molar-refractivity contribution in [2.45, 2.75) is 47.3 Å². The van der Waals surface area contributed by atoms with Gasteiger partial charge in [-0.1, -0.05) is 85.6 Å². The molecule has 0 aromatic heterocycles. The summed E-state index contributed by atoms with van der Waals surface area (Å²) in [5, 5.41) is 2.24. The van der Waals surface area contributed by atoms with Crippen molar-refractivity contribution in [3.05, 3.63) is 83.9 Å². The third-order valence-corrected chi connectivity index (χ3v) is 8.84. The zero-order valence-corrected chi connectivity index (χ0v) is 19.9. The van der Waals surface area contributed by atoms with Gasteiger partial charge in [0.25, 0.3) is 20.2 Å². The first kappa shape index (κ1) is 23.0. The summed E-state index contributed by atoms with van der Waals surface area (Å²) in [5.41, 5.74) is 0.945. The number of rotatable bonds is 4.